The number of rotatable bonds is 5. The van der Waals surface area contributed by atoms with E-state index in [1.807, 2.05) is 13.8 Å². The second-order valence-electron chi connectivity index (χ2n) is 12.4. The average molecular weight is 463 g/mol. The van der Waals surface area contributed by atoms with Crippen molar-refractivity contribution in [2.45, 2.75) is 109 Å². The third kappa shape index (κ3) is 3.51. The number of hydrogen-bond donors (Lipinski definition) is 5. The Hall–Kier alpha value is -1.05. The van der Waals surface area contributed by atoms with Crippen molar-refractivity contribution in [2.24, 2.45) is 28.6 Å². The molecule has 6 heteroatoms. The number of carbonyl (C=O) groups excluding carboxylic acids is 1. The quantitative estimate of drug-likeness (QED) is 0.429. The summed E-state index contributed by atoms with van der Waals surface area (Å²) in [6.07, 6.45) is 4.19. The Morgan fingerprint density at radius 3 is 2.45 bits per heavy atom. The molecular weight excluding hydrogens is 420 g/mol. The molecule has 4 rings (SSSR count). The summed E-state index contributed by atoms with van der Waals surface area (Å²) in [5, 5.41) is 55.3. The van der Waals surface area contributed by atoms with Gasteiger partial charge in [0.1, 0.15) is 0 Å². The van der Waals surface area contributed by atoms with Crippen LogP contribution in [-0.4, -0.2) is 60.8 Å². The zero-order valence-corrected chi connectivity index (χ0v) is 20.7. The second-order valence-corrected chi connectivity index (χ2v) is 12.4. The monoisotopic (exact) mass is 462 g/mol. The highest BCUT2D eigenvalue weighted by molar-refractivity contribution is 5.97. The molecule has 0 spiro atoms. The van der Waals surface area contributed by atoms with Gasteiger partial charge in [0.15, 0.2) is 5.78 Å². The van der Waals surface area contributed by atoms with E-state index in [2.05, 4.69) is 19.9 Å². The van der Waals surface area contributed by atoms with E-state index in [0.29, 0.717) is 37.2 Å². The van der Waals surface area contributed by atoms with Gasteiger partial charge in [0, 0.05) is 16.7 Å². The van der Waals surface area contributed by atoms with Gasteiger partial charge < -0.3 is 25.5 Å². The third-order valence-corrected chi connectivity index (χ3v) is 9.94. The maximum atomic E-state index is 13.2. The molecule has 0 heterocycles. The average Bonchev–Trinajstić information content (AvgIpc) is 3.00. The highest BCUT2D eigenvalue weighted by Crippen LogP contribution is 2.66. The highest BCUT2D eigenvalue weighted by atomic mass is 16.3. The largest absolute Gasteiger partial charge is 0.390 e. The fourth-order valence-electron chi connectivity index (χ4n) is 7.68. The van der Waals surface area contributed by atoms with Gasteiger partial charge >= 0.3 is 0 Å². The van der Waals surface area contributed by atoms with Crippen molar-refractivity contribution in [2.75, 3.05) is 0 Å². The zero-order valence-electron chi connectivity index (χ0n) is 20.7. The number of carbonyl (C=O) groups is 1. The van der Waals surface area contributed by atoms with Crippen LogP contribution in [0.4, 0.5) is 0 Å². The Morgan fingerprint density at radius 2 is 1.82 bits per heavy atom. The first-order chi connectivity index (χ1) is 15.2. The van der Waals surface area contributed by atoms with Crippen LogP contribution in [0.15, 0.2) is 23.3 Å². The van der Waals surface area contributed by atoms with E-state index >= 15 is 0 Å². The van der Waals surface area contributed by atoms with Gasteiger partial charge in [-0.2, -0.15) is 0 Å². The zero-order chi connectivity index (χ0) is 24.6. The summed E-state index contributed by atoms with van der Waals surface area (Å²) in [4.78, 5) is 13.2. The molecule has 0 radical (unpaired) electrons. The van der Waals surface area contributed by atoms with Crippen molar-refractivity contribution >= 4 is 5.78 Å². The predicted molar refractivity (Wildman–Crippen MR) is 125 cm³/mol. The van der Waals surface area contributed by atoms with Gasteiger partial charge in [-0.05, 0) is 80.9 Å². The summed E-state index contributed by atoms with van der Waals surface area (Å²) in [5.74, 6) is -0.448. The fourth-order valence-corrected chi connectivity index (χ4v) is 7.68. The van der Waals surface area contributed by atoms with E-state index in [9.17, 15) is 30.3 Å². The van der Waals surface area contributed by atoms with Crippen LogP contribution in [0.2, 0.25) is 0 Å². The minimum Gasteiger partial charge on any atom is -0.390 e. The van der Waals surface area contributed by atoms with Crippen LogP contribution in [0.3, 0.4) is 0 Å². The predicted octanol–water partition coefficient (Wildman–Crippen LogP) is 2.66. The second kappa shape index (κ2) is 7.99. The van der Waals surface area contributed by atoms with Crippen LogP contribution in [0.25, 0.3) is 0 Å². The Bertz CT molecular complexity index is 874. The van der Waals surface area contributed by atoms with E-state index < -0.39 is 46.3 Å². The van der Waals surface area contributed by atoms with Crippen molar-refractivity contribution in [3.8, 4) is 0 Å². The molecule has 186 valence electrons. The summed E-state index contributed by atoms with van der Waals surface area (Å²) < 4.78 is 0. The van der Waals surface area contributed by atoms with Crippen LogP contribution >= 0.6 is 0 Å². The smallest absolute Gasteiger partial charge is 0.160 e. The topological polar surface area (TPSA) is 118 Å². The third-order valence-electron chi connectivity index (χ3n) is 9.94. The molecular formula is C27H42O6. The molecule has 0 amide bonds. The first-order valence-corrected chi connectivity index (χ1v) is 12.6. The number of allylic oxidation sites excluding steroid dienone is 2. The minimum atomic E-state index is -1.36. The molecule has 6 nitrogen and oxygen atoms in total. The lowest BCUT2D eigenvalue weighted by molar-refractivity contribution is -0.155. The fraction of sp³-hybridized carbons (Fsp3) is 0.815. The van der Waals surface area contributed by atoms with E-state index in [4.69, 9.17) is 0 Å². The van der Waals surface area contributed by atoms with Crippen LogP contribution in [0, 0.1) is 28.6 Å². The first-order valence-electron chi connectivity index (χ1n) is 12.6. The molecule has 4 aliphatic rings. The molecule has 5 N–H and O–H groups in total. The lowest BCUT2D eigenvalue weighted by Crippen LogP contribution is -2.60. The Labute approximate surface area is 197 Å². The van der Waals surface area contributed by atoms with E-state index in [-0.39, 0.29) is 24.5 Å². The van der Waals surface area contributed by atoms with Gasteiger partial charge in [-0.25, -0.2) is 0 Å². The van der Waals surface area contributed by atoms with Gasteiger partial charge in [-0.15, -0.1) is 0 Å². The molecule has 0 saturated heterocycles. The van der Waals surface area contributed by atoms with Crippen molar-refractivity contribution in [1.29, 1.82) is 0 Å². The van der Waals surface area contributed by atoms with Gasteiger partial charge in [-0.3, -0.25) is 4.79 Å². The van der Waals surface area contributed by atoms with E-state index in [0.717, 1.165) is 12.0 Å². The molecule has 9 atom stereocenters. The van der Waals surface area contributed by atoms with Crippen molar-refractivity contribution < 1.29 is 30.3 Å². The van der Waals surface area contributed by atoms with Gasteiger partial charge in [0.2, 0.25) is 0 Å². The first kappa shape index (κ1) is 25.1. The lowest BCUT2D eigenvalue weighted by Gasteiger charge is -2.57. The van der Waals surface area contributed by atoms with E-state index in [1.54, 1.807) is 13.0 Å². The summed E-state index contributed by atoms with van der Waals surface area (Å²) >= 11 is 0. The van der Waals surface area contributed by atoms with Crippen LogP contribution < -0.4 is 0 Å². The molecule has 4 aliphatic carbocycles. The number of fused-ring (bicyclic) bond motifs is 5. The molecule has 33 heavy (non-hydrogen) atoms. The molecule has 2 saturated carbocycles. The number of aliphatic hydroxyl groups is 5. The minimum absolute atomic E-state index is 0.111. The Kier molecular flexibility index (Phi) is 6.07. The molecule has 0 aromatic carbocycles. The van der Waals surface area contributed by atoms with Crippen LogP contribution in [0.1, 0.15) is 79.6 Å². The molecule has 0 unspecified atom stereocenters. The maximum absolute atomic E-state index is 13.2. The van der Waals surface area contributed by atoms with Crippen LogP contribution in [-0.2, 0) is 4.79 Å². The SMILES string of the molecule is CC(C)CC[C@@H](O)[C@](C)(O)[C@@H]1CC[C@@]2(O)C3=CC(=O)[C@@H]4C[C@@H](O)[C@@H](O)C[C@]4(C)C3=CC[C@]12C. The van der Waals surface area contributed by atoms with Crippen molar-refractivity contribution in [1.82, 2.24) is 0 Å². The highest BCUT2D eigenvalue weighted by Gasteiger charge is 2.67. The molecule has 2 fully saturated rings. The summed E-state index contributed by atoms with van der Waals surface area (Å²) in [5.41, 5.74) is -2.53. The number of ketones is 1. The number of aliphatic hydroxyl groups excluding tert-OH is 3. The summed E-state index contributed by atoms with van der Waals surface area (Å²) in [6, 6.07) is 0. The standard InChI is InChI=1S/C27H42O6/c1-15(2)6-7-23(31)26(5,32)22-9-11-27(33)17-12-19(28)18-13-20(29)21(30)14-24(18,3)16(17)8-10-25(22,27)4/h8,12,15,18,20-23,29-33H,6-7,9-11,13-14H2,1-5H3/t18-,20+,21-,22+,23+,24+,25+,26+,27+/m0/s1. The maximum Gasteiger partial charge on any atom is 0.160 e. The van der Waals surface area contributed by atoms with Crippen molar-refractivity contribution in [3.63, 3.8) is 0 Å². The summed E-state index contributed by atoms with van der Waals surface area (Å²) in [6.45, 7) is 9.81. The molecule has 0 aromatic heterocycles. The molecule has 0 bridgehead atoms. The Morgan fingerprint density at radius 1 is 1.15 bits per heavy atom. The van der Waals surface area contributed by atoms with Crippen molar-refractivity contribution in [3.05, 3.63) is 23.3 Å². The molecule has 0 aliphatic heterocycles. The van der Waals surface area contributed by atoms with E-state index in [1.165, 1.54) is 0 Å². The lowest BCUT2D eigenvalue weighted by atomic mass is 9.49. The van der Waals surface area contributed by atoms with Gasteiger partial charge in [0.05, 0.1) is 29.5 Å². The van der Waals surface area contributed by atoms with Gasteiger partial charge in [0.25, 0.3) is 0 Å². The normalized spacial score (nSPS) is 45.5. The van der Waals surface area contributed by atoms with Gasteiger partial charge in [-0.1, -0.05) is 33.8 Å². The Balaban J connectivity index is 1.72. The van der Waals surface area contributed by atoms with Crippen LogP contribution in [0.5, 0.6) is 0 Å². The molecule has 0 aromatic rings. The number of hydrogen-bond acceptors (Lipinski definition) is 6. The summed E-state index contributed by atoms with van der Waals surface area (Å²) in [7, 11) is 0.